The van der Waals surface area contributed by atoms with Gasteiger partial charge in [-0.2, -0.15) is 13.2 Å². The molecule has 6 heteroatoms. The molecule has 0 amide bonds. The van der Waals surface area contributed by atoms with E-state index in [4.69, 9.17) is 0 Å². The molecule has 0 bridgehead atoms. The molecule has 94 valence electrons. The Bertz CT molecular complexity index is 587. The Balaban J connectivity index is 2.53. The second-order valence-corrected chi connectivity index (χ2v) is 3.67. The largest absolute Gasteiger partial charge is 0.417 e. The van der Waals surface area contributed by atoms with Crippen molar-refractivity contribution in [1.29, 1.82) is 0 Å². The van der Waals surface area contributed by atoms with Crippen LogP contribution in [0.5, 0.6) is 0 Å². The third kappa shape index (κ3) is 2.13. The lowest BCUT2D eigenvalue weighted by Gasteiger charge is -2.10. The van der Waals surface area contributed by atoms with Crippen molar-refractivity contribution in [1.82, 2.24) is 5.16 Å². The summed E-state index contributed by atoms with van der Waals surface area (Å²) in [5.41, 5.74) is -1.33. The Hall–Kier alpha value is -2.11. The van der Waals surface area contributed by atoms with Crippen LogP contribution < -0.4 is 0 Å². The number of alkyl halides is 3. The van der Waals surface area contributed by atoms with E-state index in [0.29, 0.717) is 0 Å². The van der Waals surface area contributed by atoms with Gasteiger partial charge in [0, 0.05) is 5.56 Å². The van der Waals surface area contributed by atoms with Gasteiger partial charge < -0.3 is 4.52 Å². The number of carbonyl (C=O) groups is 1. The van der Waals surface area contributed by atoms with Gasteiger partial charge in [0.05, 0.1) is 17.3 Å². The summed E-state index contributed by atoms with van der Waals surface area (Å²) in [6.07, 6.45) is -3.46. The van der Waals surface area contributed by atoms with E-state index in [2.05, 4.69) is 9.68 Å². The van der Waals surface area contributed by atoms with E-state index in [9.17, 15) is 18.0 Å². The summed E-state index contributed by atoms with van der Waals surface area (Å²) >= 11 is 0. The lowest BCUT2D eigenvalue weighted by atomic mass is 9.99. The van der Waals surface area contributed by atoms with Crippen LogP contribution in [0, 0.1) is 6.92 Å². The average molecular weight is 255 g/mol. The molecule has 3 nitrogen and oxygen atoms in total. The molecular weight excluding hydrogens is 247 g/mol. The van der Waals surface area contributed by atoms with Crippen molar-refractivity contribution in [3.63, 3.8) is 0 Å². The lowest BCUT2D eigenvalue weighted by Crippen LogP contribution is -2.13. The SMILES string of the molecule is Cc1oncc1C(=O)c1ccccc1C(F)(F)F. The zero-order valence-electron chi connectivity index (χ0n) is 9.28. The quantitative estimate of drug-likeness (QED) is 0.774. The number of rotatable bonds is 2. The number of halogens is 3. The van der Waals surface area contributed by atoms with Crippen molar-refractivity contribution in [2.75, 3.05) is 0 Å². The third-order valence-corrected chi connectivity index (χ3v) is 2.47. The molecule has 2 aromatic rings. The molecule has 0 aliphatic carbocycles. The van der Waals surface area contributed by atoms with Crippen molar-refractivity contribution in [2.24, 2.45) is 0 Å². The first kappa shape index (κ1) is 12.3. The fourth-order valence-electron chi connectivity index (χ4n) is 1.59. The topological polar surface area (TPSA) is 43.1 Å². The number of hydrogen-bond donors (Lipinski definition) is 0. The minimum atomic E-state index is -4.57. The van der Waals surface area contributed by atoms with Gasteiger partial charge in [0.15, 0.2) is 5.78 Å². The van der Waals surface area contributed by atoms with Crippen LogP contribution >= 0.6 is 0 Å². The maximum atomic E-state index is 12.8. The summed E-state index contributed by atoms with van der Waals surface area (Å²) in [6, 6.07) is 4.62. The Morgan fingerprint density at radius 3 is 2.44 bits per heavy atom. The van der Waals surface area contributed by atoms with Gasteiger partial charge >= 0.3 is 6.18 Å². The Morgan fingerprint density at radius 2 is 1.89 bits per heavy atom. The highest BCUT2D eigenvalue weighted by molar-refractivity contribution is 6.10. The molecule has 0 N–H and O–H groups in total. The van der Waals surface area contributed by atoms with Crippen molar-refractivity contribution >= 4 is 5.78 Å². The van der Waals surface area contributed by atoms with Crippen LogP contribution in [0.2, 0.25) is 0 Å². The van der Waals surface area contributed by atoms with Gasteiger partial charge in [-0.3, -0.25) is 4.79 Å². The molecule has 0 saturated carbocycles. The Kier molecular flexibility index (Phi) is 2.94. The van der Waals surface area contributed by atoms with Gasteiger partial charge in [-0.1, -0.05) is 23.4 Å². The smallest absolute Gasteiger partial charge is 0.361 e. The molecule has 1 aromatic heterocycles. The molecule has 0 spiro atoms. The predicted octanol–water partition coefficient (Wildman–Crippen LogP) is 3.23. The molecule has 18 heavy (non-hydrogen) atoms. The molecular formula is C12H8F3NO2. The molecule has 0 saturated heterocycles. The van der Waals surface area contributed by atoms with E-state index in [0.717, 1.165) is 18.3 Å². The zero-order valence-corrected chi connectivity index (χ0v) is 9.28. The maximum absolute atomic E-state index is 12.8. The third-order valence-electron chi connectivity index (χ3n) is 2.47. The number of ketones is 1. The van der Waals surface area contributed by atoms with Gasteiger partial charge in [-0.15, -0.1) is 0 Å². The first-order valence-corrected chi connectivity index (χ1v) is 5.03. The van der Waals surface area contributed by atoms with Crippen LogP contribution in [0.1, 0.15) is 27.2 Å². The van der Waals surface area contributed by atoms with Crippen molar-refractivity contribution < 1.29 is 22.5 Å². The second kappa shape index (κ2) is 4.29. The monoisotopic (exact) mass is 255 g/mol. The number of nitrogens with zero attached hydrogens (tertiary/aromatic N) is 1. The van der Waals surface area contributed by atoms with Gasteiger partial charge in [0.2, 0.25) is 0 Å². The van der Waals surface area contributed by atoms with E-state index in [1.54, 1.807) is 0 Å². The summed E-state index contributed by atoms with van der Waals surface area (Å²) in [6.45, 7) is 1.47. The van der Waals surface area contributed by atoms with Crippen LogP contribution in [0.25, 0.3) is 0 Å². The number of hydrogen-bond acceptors (Lipinski definition) is 3. The lowest BCUT2D eigenvalue weighted by molar-refractivity contribution is -0.137. The molecule has 0 aliphatic rings. The molecule has 0 fully saturated rings. The summed E-state index contributed by atoms with van der Waals surface area (Å²) in [5, 5.41) is 3.38. The maximum Gasteiger partial charge on any atom is 0.417 e. The van der Waals surface area contributed by atoms with E-state index >= 15 is 0 Å². The molecule has 0 radical (unpaired) electrons. The summed E-state index contributed by atoms with van der Waals surface area (Å²) in [4.78, 5) is 12.0. The summed E-state index contributed by atoms with van der Waals surface area (Å²) in [5.74, 6) is -0.557. The second-order valence-electron chi connectivity index (χ2n) is 3.67. The fraction of sp³-hybridized carbons (Fsp3) is 0.167. The highest BCUT2D eigenvalue weighted by Gasteiger charge is 2.35. The molecule has 0 aliphatic heterocycles. The van der Waals surface area contributed by atoms with Crippen LogP contribution in [0.4, 0.5) is 13.2 Å². The number of aromatic nitrogens is 1. The van der Waals surface area contributed by atoms with E-state index in [1.165, 1.54) is 19.1 Å². The minimum absolute atomic E-state index is 0.0340. The summed E-state index contributed by atoms with van der Waals surface area (Å²) in [7, 11) is 0. The average Bonchev–Trinajstić information content (AvgIpc) is 2.73. The van der Waals surface area contributed by atoms with Gasteiger partial charge in [-0.05, 0) is 13.0 Å². The Morgan fingerprint density at radius 1 is 1.22 bits per heavy atom. The van der Waals surface area contributed by atoms with Crippen molar-refractivity contribution in [3.8, 4) is 0 Å². The van der Waals surface area contributed by atoms with Gasteiger partial charge in [0.25, 0.3) is 0 Å². The first-order valence-electron chi connectivity index (χ1n) is 5.03. The predicted molar refractivity (Wildman–Crippen MR) is 56.1 cm³/mol. The number of aryl methyl sites for hydroxylation is 1. The highest BCUT2D eigenvalue weighted by atomic mass is 19.4. The number of benzene rings is 1. The minimum Gasteiger partial charge on any atom is -0.361 e. The van der Waals surface area contributed by atoms with Crippen LogP contribution in [0.15, 0.2) is 35.0 Å². The number of carbonyl (C=O) groups excluding carboxylic acids is 1. The van der Waals surface area contributed by atoms with Crippen molar-refractivity contribution in [2.45, 2.75) is 13.1 Å². The molecule has 1 aromatic carbocycles. The standard InChI is InChI=1S/C12H8F3NO2/c1-7-9(6-16-18-7)11(17)8-4-2-3-5-10(8)12(13,14)15/h2-6H,1H3. The molecule has 0 atom stereocenters. The van der Waals surface area contributed by atoms with Crippen LogP contribution in [0.3, 0.4) is 0 Å². The van der Waals surface area contributed by atoms with Gasteiger partial charge in [0.1, 0.15) is 5.76 Å². The van der Waals surface area contributed by atoms with E-state index in [1.807, 2.05) is 0 Å². The zero-order chi connectivity index (χ0) is 13.3. The fourth-order valence-corrected chi connectivity index (χ4v) is 1.59. The van der Waals surface area contributed by atoms with E-state index in [-0.39, 0.29) is 11.3 Å². The van der Waals surface area contributed by atoms with Crippen LogP contribution in [-0.4, -0.2) is 10.9 Å². The van der Waals surface area contributed by atoms with Crippen molar-refractivity contribution in [3.05, 3.63) is 52.9 Å². The normalized spacial score (nSPS) is 11.6. The molecule has 0 unspecified atom stereocenters. The van der Waals surface area contributed by atoms with E-state index < -0.39 is 23.1 Å². The summed E-state index contributed by atoms with van der Waals surface area (Å²) < 4.78 is 43.0. The molecule has 1 heterocycles. The highest BCUT2D eigenvalue weighted by Crippen LogP contribution is 2.33. The molecule has 2 rings (SSSR count). The first-order chi connectivity index (χ1) is 8.41. The van der Waals surface area contributed by atoms with Crippen LogP contribution in [-0.2, 0) is 6.18 Å². The van der Waals surface area contributed by atoms with Gasteiger partial charge in [-0.25, -0.2) is 0 Å². The Labute approximate surface area is 100 Å².